The lowest BCUT2D eigenvalue weighted by molar-refractivity contribution is 0.568. The van der Waals surface area contributed by atoms with Crippen molar-refractivity contribution >= 4 is 25.2 Å². The summed E-state index contributed by atoms with van der Waals surface area (Å²) < 4.78 is 12.7. The number of allylic oxidation sites excluding steroid dienone is 3. The van der Waals surface area contributed by atoms with Crippen molar-refractivity contribution in [2.45, 2.75) is 6.42 Å². The molecule has 57 valence electrons. The van der Waals surface area contributed by atoms with Crippen LogP contribution >= 0.6 is 11.6 Å². The van der Waals surface area contributed by atoms with Crippen molar-refractivity contribution in [1.29, 1.82) is 0 Å². The summed E-state index contributed by atoms with van der Waals surface area (Å²) in [7, 11) is 1.09. The fourth-order valence-corrected chi connectivity index (χ4v) is 1.01. The molecule has 2 nitrogen and oxygen atoms in total. The molecule has 0 aromatic carbocycles. The topological polar surface area (TPSA) is 29.1 Å². The van der Waals surface area contributed by atoms with Crippen molar-refractivity contribution < 1.29 is 9.18 Å². The zero-order valence-electron chi connectivity index (χ0n) is 5.60. The van der Waals surface area contributed by atoms with E-state index in [-0.39, 0.29) is 17.9 Å². The highest BCUT2D eigenvalue weighted by molar-refractivity contribution is 6.65. The van der Waals surface area contributed by atoms with Crippen LogP contribution in [0.25, 0.3) is 0 Å². The molecule has 1 N–H and O–H groups in total. The first-order chi connectivity index (χ1) is 5.25. The first-order valence-corrected chi connectivity index (χ1v) is 3.41. The van der Waals surface area contributed by atoms with Crippen molar-refractivity contribution in [3.8, 4) is 0 Å². The van der Waals surface area contributed by atoms with E-state index >= 15 is 0 Å². The summed E-state index contributed by atoms with van der Waals surface area (Å²) in [5, 5.41) is 2.76. The van der Waals surface area contributed by atoms with Gasteiger partial charge in [0.1, 0.15) is 12.0 Å². The van der Waals surface area contributed by atoms with Crippen LogP contribution in [-0.2, 0) is 4.79 Å². The SMILES string of the molecule is O=C[B]NC1=C(F)CC=C1Cl. The largest absolute Gasteiger partial charge is 0.422 e. The van der Waals surface area contributed by atoms with Gasteiger partial charge in [0.05, 0.1) is 10.7 Å². The Labute approximate surface area is 69.4 Å². The second kappa shape index (κ2) is 3.58. The molecular formula is C6H5BClFNO. The standard InChI is InChI=1S/C6H5BClFNO/c8-4-1-2-5(9)6(4)10-7-3-11/h1,3,10H,2H2. The molecule has 0 saturated heterocycles. The van der Waals surface area contributed by atoms with E-state index in [0.29, 0.717) is 11.2 Å². The number of rotatable bonds is 3. The monoisotopic (exact) mass is 172 g/mol. The number of hydrogen-bond acceptors (Lipinski definition) is 2. The molecule has 1 aliphatic carbocycles. The average Bonchev–Trinajstić information content (AvgIpc) is 2.29. The van der Waals surface area contributed by atoms with E-state index in [0.717, 1.165) is 7.41 Å². The van der Waals surface area contributed by atoms with Gasteiger partial charge in [-0.1, -0.05) is 17.7 Å². The minimum Gasteiger partial charge on any atom is -0.422 e. The fraction of sp³-hybridized carbons (Fsp3) is 0.167. The van der Waals surface area contributed by atoms with Crippen molar-refractivity contribution in [2.75, 3.05) is 0 Å². The van der Waals surface area contributed by atoms with Crippen molar-refractivity contribution in [3.05, 3.63) is 22.6 Å². The smallest absolute Gasteiger partial charge is 0.326 e. The highest BCUT2D eigenvalue weighted by atomic mass is 35.5. The summed E-state index contributed by atoms with van der Waals surface area (Å²) in [5.74, 6) is -0.340. The minimum absolute atomic E-state index is 0.193. The summed E-state index contributed by atoms with van der Waals surface area (Å²) in [4.78, 5) is 9.85. The third-order valence-electron chi connectivity index (χ3n) is 1.27. The number of carbonyl (C=O) groups excluding carboxylic acids is 1. The molecule has 11 heavy (non-hydrogen) atoms. The van der Waals surface area contributed by atoms with Crippen LogP contribution in [0.15, 0.2) is 22.6 Å². The van der Waals surface area contributed by atoms with Gasteiger partial charge in [-0.2, -0.15) is 0 Å². The summed E-state index contributed by atoms with van der Waals surface area (Å²) in [6.07, 6.45) is 2.27. The first kappa shape index (κ1) is 8.33. The van der Waals surface area contributed by atoms with Crippen LogP contribution in [0.5, 0.6) is 0 Å². The Kier molecular flexibility index (Phi) is 2.71. The van der Waals surface area contributed by atoms with Gasteiger partial charge in [-0.05, 0) is 0 Å². The average molecular weight is 172 g/mol. The number of carbonyl (C=O) groups is 1. The van der Waals surface area contributed by atoms with Crippen LogP contribution in [0.1, 0.15) is 6.42 Å². The van der Waals surface area contributed by atoms with Gasteiger partial charge >= 0.3 is 7.41 Å². The molecule has 0 aliphatic heterocycles. The van der Waals surface area contributed by atoms with Gasteiger partial charge in [-0.3, -0.25) is 0 Å². The van der Waals surface area contributed by atoms with Gasteiger partial charge in [0.25, 0.3) is 0 Å². The number of halogens is 2. The van der Waals surface area contributed by atoms with E-state index in [1.165, 1.54) is 6.08 Å². The van der Waals surface area contributed by atoms with E-state index in [4.69, 9.17) is 11.6 Å². The molecule has 0 atom stereocenters. The molecule has 0 heterocycles. The molecule has 5 heteroatoms. The third kappa shape index (κ3) is 1.83. The summed E-state index contributed by atoms with van der Waals surface area (Å²) in [6.45, 7) is 0. The van der Waals surface area contributed by atoms with E-state index in [1.807, 2.05) is 0 Å². The van der Waals surface area contributed by atoms with Crippen molar-refractivity contribution in [1.82, 2.24) is 5.23 Å². The quantitative estimate of drug-likeness (QED) is 0.510. The number of nitrogens with one attached hydrogen (secondary N) is 1. The molecule has 0 spiro atoms. The molecule has 1 aliphatic rings. The predicted octanol–water partition coefficient (Wildman–Crippen LogP) is 1.09. The Bertz CT molecular complexity index is 239. The van der Waals surface area contributed by atoms with Crippen LogP contribution in [0, 0.1) is 0 Å². The molecule has 1 radical (unpaired) electrons. The summed E-state index contributed by atoms with van der Waals surface area (Å²) in [5.41, 5.74) is 0.193. The first-order valence-electron chi connectivity index (χ1n) is 3.04. The van der Waals surface area contributed by atoms with Crippen molar-refractivity contribution in [3.63, 3.8) is 0 Å². The molecule has 1 rings (SSSR count). The van der Waals surface area contributed by atoms with E-state index in [2.05, 4.69) is 5.23 Å². The maximum Gasteiger partial charge on any atom is 0.326 e. The molecular weight excluding hydrogens is 167 g/mol. The Morgan fingerprint density at radius 2 is 2.55 bits per heavy atom. The van der Waals surface area contributed by atoms with Gasteiger partial charge in [0, 0.05) is 6.42 Å². The highest BCUT2D eigenvalue weighted by Gasteiger charge is 2.15. The van der Waals surface area contributed by atoms with Gasteiger partial charge in [0.15, 0.2) is 0 Å². The second-order valence-electron chi connectivity index (χ2n) is 1.98. The highest BCUT2D eigenvalue weighted by Crippen LogP contribution is 2.27. The van der Waals surface area contributed by atoms with E-state index in [9.17, 15) is 9.18 Å². The summed E-state index contributed by atoms with van der Waals surface area (Å²) >= 11 is 5.57. The Morgan fingerprint density at radius 3 is 3.00 bits per heavy atom. The van der Waals surface area contributed by atoms with Gasteiger partial charge < -0.3 is 10.0 Å². The normalized spacial score (nSPS) is 16.4. The molecule has 0 unspecified atom stereocenters. The minimum atomic E-state index is -0.340. The predicted molar refractivity (Wildman–Crippen MR) is 42.3 cm³/mol. The lowest BCUT2D eigenvalue weighted by atomic mass is 9.98. The van der Waals surface area contributed by atoms with E-state index in [1.54, 1.807) is 0 Å². The van der Waals surface area contributed by atoms with Crippen LogP contribution in [-0.4, -0.2) is 13.6 Å². The summed E-state index contributed by atoms with van der Waals surface area (Å²) in [6, 6.07) is 0. The second-order valence-corrected chi connectivity index (χ2v) is 2.39. The van der Waals surface area contributed by atoms with E-state index < -0.39 is 0 Å². The maximum absolute atomic E-state index is 12.7. The zero-order chi connectivity index (χ0) is 8.27. The number of hydrogen-bond donors (Lipinski definition) is 1. The molecule has 0 saturated carbocycles. The van der Waals surface area contributed by atoms with Crippen LogP contribution in [0.2, 0.25) is 0 Å². The van der Waals surface area contributed by atoms with Gasteiger partial charge in [-0.15, -0.1) is 0 Å². The fourth-order valence-electron chi connectivity index (χ4n) is 0.778. The Balaban J connectivity index is 2.60. The Hall–Kier alpha value is -0.765. The van der Waals surface area contributed by atoms with Crippen LogP contribution in [0.4, 0.5) is 4.39 Å². The third-order valence-corrected chi connectivity index (χ3v) is 1.61. The molecule has 0 amide bonds. The maximum atomic E-state index is 12.7. The molecule has 0 fully saturated rings. The molecule has 0 bridgehead atoms. The van der Waals surface area contributed by atoms with Crippen LogP contribution in [0.3, 0.4) is 0 Å². The zero-order valence-corrected chi connectivity index (χ0v) is 6.36. The van der Waals surface area contributed by atoms with Crippen molar-refractivity contribution in [2.24, 2.45) is 0 Å². The van der Waals surface area contributed by atoms with Gasteiger partial charge in [0.2, 0.25) is 0 Å². The Morgan fingerprint density at radius 1 is 1.82 bits per heavy atom. The van der Waals surface area contributed by atoms with Gasteiger partial charge in [-0.25, -0.2) is 4.39 Å². The lowest BCUT2D eigenvalue weighted by Crippen LogP contribution is -2.19. The molecule has 0 aromatic rings. The lowest BCUT2D eigenvalue weighted by Gasteiger charge is -2.01. The molecule has 0 aromatic heterocycles. The van der Waals surface area contributed by atoms with Crippen LogP contribution < -0.4 is 5.23 Å².